The van der Waals surface area contributed by atoms with E-state index in [9.17, 15) is 10.2 Å². The van der Waals surface area contributed by atoms with Gasteiger partial charge in [0.15, 0.2) is 0 Å². The van der Waals surface area contributed by atoms with Crippen LogP contribution in [0.15, 0.2) is 23.5 Å². The standard InChI is InChI=1S/C24H36O3/c1-23-12-11-21-19(20(23)8-9-22(23)26)7-6-16-14-17(25)10-13-24(16,21)15-27-18-4-2-3-5-18/h4,6,17,19-22,25-26H,2-3,5,7-15H2,1H3/t17?,19-,20-,21+,22?,23-,24+/m0/s1. The lowest BCUT2D eigenvalue weighted by Crippen LogP contribution is -2.53. The molecule has 0 saturated heterocycles. The van der Waals surface area contributed by atoms with Crippen molar-refractivity contribution >= 4 is 0 Å². The highest BCUT2D eigenvalue weighted by Gasteiger charge is 2.60. The topological polar surface area (TPSA) is 49.7 Å². The molecule has 3 heteroatoms. The zero-order valence-corrected chi connectivity index (χ0v) is 16.8. The molecule has 0 aromatic carbocycles. The first-order valence-electron chi connectivity index (χ1n) is 11.4. The monoisotopic (exact) mass is 372 g/mol. The largest absolute Gasteiger partial charge is 0.497 e. The Morgan fingerprint density at radius 2 is 1.96 bits per heavy atom. The van der Waals surface area contributed by atoms with E-state index in [1.165, 1.54) is 30.6 Å². The van der Waals surface area contributed by atoms with Crippen LogP contribution in [-0.2, 0) is 4.74 Å². The molecule has 0 aromatic rings. The summed E-state index contributed by atoms with van der Waals surface area (Å²) in [6.07, 6.45) is 16.5. The highest BCUT2D eigenvalue weighted by molar-refractivity contribution is 5.27. The maximum atomic E-state index is 10.7. The molecule has 5 rings (SSSR count). The highest BCUT2D eigenvalue weighted by atomic mass is 16.5. The van der Waals surface area contributed by atoms with Gasteiger partial charge in [-0.2, -0.15) is 0 Å². The molecule has 0 aliphatic heterocycles. The second-order valence-electron chi connectivity index (χ2n) is 10.4. The van der Waals surface area contributed by atoms with Crippen molar-refractivity contribution in [3.8, 4) is 0 Å². The second-order valence-corrected chi connectivity index (χ2v) is 10.4. The molecule has 150 valence electrons. The Hall–Kier alpha value is -0.800. The van der Waals surface area contributed by atoms with Crippen LogP contribution in [0, 0.1) is 28.6 Å². The third-order valence-electron chi connectivity index (χ3n) is 9.27. The molecule has 0 radical (unpaired) electrons. The lowest BCUT2D eigenvalue weighted by atomic mass is 9.47. The summed E-state index contributed by atoms with van der Waals surface area (Å²) in [6, 6.07) is 0. The fourth-order valence-electron chi connectivity index (χ4n) is 7.67. The number of allylic oxidation sites excluding steroid dienone is 3. The number of rotatable bonds is 3. The maximum absolute atomic E-state index is 10.7. The zero-order chi connectivity index (χ0) is 18.6. The van der Waals surface area contributed by atoms with Crippen LogP contribution in [0.2, 0.25) is 0 Å². The normalized spacial score (nSPS) is 48.9. The summed E-state index contributed by atoms with van der Waals surface area (Å²) in [5.41, 5.74) is 1.74. The van der Waals surface area contributed by atoms with Crippen LogP contribution in [-0.4, -0.2) is 29.0 Å². The van der Waals surface area contributed by atoms with Gasteiger partial charge in [0.25, 0.3) is 0 Å². The van der Waals surface area contributed by atoms with Gasteiger partial charge in [0.2, 0.25) is 0 Å². The minimum atomic E-state index is -0.172. The quantitative estimate of drug-likeness (QED) is 0.704. The van der Waals surface area contributed by atoms with Crippen molar-refractivity contribution in [2.45, 2.75) is 89.8 Å². The van der Waals surface area contributed by atoms with Crippen molar-refractivity contribution in [3.05, 3.63) is 23.5 Å². The third kappa shape index (κ3) is 2.75. The first-order valence-corrected chi connectivity index (χ1v) is 11.4. The van der Waals surface area contributed by atoms with Gasteiger partial charge in [-0.3, -0.25) is 0 Å². The fraction of sp³-hybridized carbons (Fsp3) is 0.833. The Labute approximate surface area is 163 Å². The summed E-state index contributed by atoms with van der Waals surface area (Å²) in [4.78, 5) is 0. The van der Waals surface area contributed by atoms with Gasteiger partial charge in [-0.15, -0.1) is 0 Å². The summed E-state index contributed by atoms with van der Waals surface area (Å²) in [5, 5.41) is 21.0. The molecule has 0 bridgehead atoms. The maximum Gasteiger partial charge on any atom is 0.0973 e. The lowest BCUT2D eigenvalue weighted by Gasteiger charge is -2.58. The fourth-order valence-corrected chi connectivity index (χ4v) is 7.67. The molecule has 3 nitrogen and oxygen atoms in total. The first kappa shape index (κ1) is 18.2. The number of ether oxygens (including phenoxy) is 1. The molecule has 0 spiro atoms. The third-order valence-corrected chi connectivity index (χ3v) is 9.27. The van der Waals surface area contributed by atoms with Crippen molar-refractivity contribution in [1.29, 1.82) is 0 Å². The van der Waals surface area contributed by atoms with Crippen molar-refractivity contribution in [2.75, 3.05) is 6.61 Å². The van der Waals surface area contributed by atoms with Gasteiger partial charge >= 0.3 is 0 Å². The average molecular weight is 373 g/mol. The van der Waals surface area contributed by atoms with Crippen molar-refractivity contribution in [3.63, 3.8) is 0 Å². The average Bonchev–Trinajstić information content (AvgIpc) is 3.28. The van der Waals surface area contributed by atoms with Gasteiger partial charge in [-0.05, 0) is 93.5 Å². The van der Waals surface area contributed by atoms with Crippen LogP contribution in [0.1, 0.15) is 77.6 Å². The van der Waals surface area contributed by atoms with Crippen LogP contribution >= 0.6 is 0 Å². The molecule has 2 unspecified atom stereocenters. The van der Waals surface area contributed by atoms with E-state index in [0.717, 1.165) is 58.0 Å². The van der Waals surface area contributed by atoms with Crippen molar-refractivity contribution in [1.82, 2.24) is 0 Å². The van der Waals surface area contributed by atoms with Crippen LogP contribution in [0.4, 0.5) is 0 Å². The Kier molecular flexibility index (Phi) is 4.48. The predicted octanol–water partition coefficient (Wildman–Crippen LogP) is 4.74. The second kappa shape index (κ2) is 6.62. The van der Waals surface area contributed by atoms with E-state index in [1.54, 1.807) is 0 Å². The highest BCUT2D eigenvalue weighted by Crippen LogP contribution is 2.65. The molecule has 0 aromatic heterocycles. The molecule has 5 aliphatic rings. The van der Waals surface area contributed by atoms with E-state index >= 15 is 0 Å². The van der Waals surface area contributed by atoms with E-state index in [2.05, 4.69) is 19.1 Å². The minimum Gasteiger partial charge on any atom is -0.497 e. The Morgan fingerprint density at radius 3 is 2.78 bits per heavy atom. The number of aliphatic hydroxyl groups is 2. The SMILES string of the molecule is C[C@]12CC[C@@H]3[C@@H](CC=C4CC(O)CC[C@@]43COC3=CCCC3)[C@@H]1CCC2O. The van der Waals surface area contributed by atoms with Gasteiger partial charge in [-0.25, -0.2) is 0 Å². The Morgan fingerprint density at radius 1 is 1.07 bits per heavy atom. The van der Waals surface area contributed by atoms with E-state index in [0.29, 0.717) is 17.8 Å². The van der Waals surface area contributed by atoms with E-state index in [4.69, 9.17) is 4.74 Å². The van der Waals surface area contributed by atoms with Gasteiger partial charge < -0.3 is 14.9 Å². The molecular weight excluding hydrogens is 336 g/mol. The summed E-state index contributed by atoms with van der Waals surface area (Å²) >= 11 is 0. The number of aliphatic hydroxyl groups excluding tert-OH is 2. The molecule has 27 heavy (non-hydrogen) atoms. The Balaban J connectivity index is 1.46. The van der Waals surface area contributed by atoms with E-state index in [-0.39, 0.29) is 23.0 Å². The zero-order valence-electron chi connectivity index (χ0n) is 16.8. The molecular formula is C24H36O3. The molecule has 0 heterocycles. The molecule has 3 fully saturated rings. The molecule has 7 atom stereocenters. The van der Waals surface area contributed by atoms with Crippen molar-refractivity contribution in [2.24, 2.45) is 28.6 Å². The van der Waals surface area contributed by atoms with Gasteiger partial charge in [-0.1, -0.05) is 18.6 Å². The summed E-state index contributed by atoms with van der Waals surface area (Å²) in [7, 11) is 0. The van der Waals surface area contributed by atoms with Crippen LogP contribution in [0.3, 0.4) is 0 Å². The molecule has 5 aliphatic carbocycles. The number of hydrogen-bond donors (Lipinski definition) is 2. The predicted molar refractivity (Wildman–Crippen MR) is 106 cm³/mol. The van der Waals surface area contributed by atoms with Crippen LogP contribution in [0.5, 0.6) is 0 Å². The number of hydrogen-bond acceptors (Lipinski definition) is 3. The summed E-state index contributed by atoms with van der Waals surface area (Å²) < 4.78 is 6.43. The van der Waals surface area contributed by atoms with Gasteiger partial charge in [0, 0.05) is 11.8 Å². The summed E-state index contributed by atoms with van der Waals surface area (Å²) in [5.74, 6) is 3.20. The molecule has 3 saturated carbocycles. The van der Waals surface area contributed by atoms with Gasteiger partial charge in [0.1, 0.15) is 0 Å². The van der Waals surface area contributed by atoms with Gasteiger partial charge in [0.05, 0.1) is 24.6 Å². The van der Waals surface area contributed by atoms with E-state index in [1.807, 2.05) is 0 Å². The molecule has 2 N–H and O–H groups in total. The minimum absolute atomic E-state index is 0.113. The van der Waals surface area contributed by atoms with Crippen molar-refractivity contribution < 1.29 is 14.9 Å². The van der Waals surface area contributed by atoms with Crippen LogP contribution in [0.25, 0.3) is 0 Å². The van der Waals surface area contributed by atoms with Crippen LogP contribution < -0.4 is 0 Å². The molecule has 0 amide bonds. The van der Waals surface area contributed by atoms with E-state index < -0.39 is 0 Å². The first-order chi connectivity index (χ1) is 13.0. The summed E-state index contributed by atoms with van der Waals surface area (Å²) in [6.45, 7) is 3.16. The lowest BCUT2D eigenvalue weighted by molar-refractivity contribution is -0.0923. The number of fused-ring (bicyclic) bond motifs is 5. The Bertz CT molecular complexity index is 652. The smallest absolute Gasteiger partial charge is 0.0973 e.